The summed E-state index contributed by atoms with van der Waals surface area (Å²) in [6, 6.07) is 10.7. The number of piperazine rings is 2. The van der Waals surface area contributed by atoms with Gasteiger partial charge in [-0.25, -0.2) is 0 Å². The second-order valence-corrected chi connectivity index (χ2v) is 9.72. The highest BCUT2D eigenvalue weighted by Crippen LogP contribution is 2.32. The lowest BCUT2D eigenvalue weighted by Gasteiger charge is -2.39. The first-order chi connectivity index (χ1) is 19.0. The maximum Gasteiger partial charge on any atom is 0.416 e. The molecule has 40 heavy (non-hydrogen) atoms. The zero-order valence-electron chi connectivity index (χ0n) is 22.0. The van der Waals surface area contributed by atoms with E-state index >= 15 is 0 Å². The standard InChI is InChI=1S/C27H31F3N6O4/c1-18(37)32-20-5-7-21(8-6-20)33-24(38)16-23-26(40)31-9-10-36(23)25(39)17-34-11-13-35(14-12-34)22-4-2-3-19(15-22)27(28,29)30/h2-8,15,23H,9-14,16-17H2,1H3,(H,31,40)(H,32,37)(H,33,38)/t23-/m1/s1. The van der Waals surface area contributed by atoms with E-state index in [1.807, 2.05) is 9.80 Å². The van der Waals surface area contributed by atoms with E-state index in [1.165, 1.54) is 17.9 Å². The molecule has 1 atom stereocenters. The van der Waals surface area contributed by atoms with Crippen LogP contribution < -0.4 is 20.9 Å². The van der Waals surface area contributed by atoms with Crippen molar-refractivity contribution in [1.29, 1.82) is 0 Å². The molecule has 2 fully saturated rings. The fourth-order valence-electron chi connectivity index (χ4n) is 4.77. The van der Waals surface area contributed by atoms with Crippen LogP contribution in [0.5, 0.6) is 0 Å². The molecule has 0 radical (unpaired) electrons. The third-order valence-corrected chi connectivity index (χ3v) is 6.79. The molecule has 2 aliphatic rings. The first-order valence-corrected chi connectivity index (χ1v) is 12.9. The quantitative estimate of drug-likeness (QED) is 0.478. The molecular weight excluding hydrogens is 529 g/mol. The normalized spacial score (nSPS) is 18.2. The van der Waals surface area contributed by atoms with Crippen molar-refractivity contribution in [2.24, 2.45) is 0 Å². The summed E-state index contributed by atoms with van der Waals surface area (Å²) in [6.07, 6.45) is -4.65. The summed E-state index contributed by atoms with van der Waals surface area (Å²) in [7, 11) is 0. The molecule has 2 aromatic carbocycles. The molecule has 2 heterocycles. The Labute approximate surface area is 229 Å². The van der Waals surface area contributed by atoms with Crippen LogP contribution >= 0.6 is 0 Å². The van der Waals surface area contributed by atoms with Crippen molar-refractivity contribution in [3.63, 3.8) is 0 Å². The molecule has 2 saturated heterocycles. The number of rotatable bonds is 7. The summed E-state index contributed by atoms with van der Waals surface area (Å²) in [5, 5.41) is 8.04. The van der Waals surface area contributed by atoms with Crippen LogP contribution in [0.3, 0.4) is 0 Å². The summed E-state index contributed by atoms with van der Waals surface area (Å²) >= 11 is 0. The van der Waals surface area contributed by atoms with Gasteiger partial charge in [-0.15, -0.1) is 0 Å². The number of nitrogens with one attached hydrogen (secondary N) is 3. The number of carbonyl (C=O) groups is 4. The van der Waals surface area contributed by atoms with Crippen molar-refractivity contribution in [2.75, 3.05) is 61.3 Å². The molecule has 10 nitrogen and oxygen atoms in total. The van der Waals surface area contributed by atoms with Crippen molar-refractivity contribution in [1.82, 2.24) is 15.1 Å². The summed E-state index contributed by atoms with van der Waals surface area (Å²) in [4.78, 5) is 54.8. The Morgan fingerprint density at radius 2 is 1.60 bits per heavy atom. The van der Waals surface area contributed by atoms with Crippen LogP contribution in [-0.4, -0.2) is 85.3 Å². The number of nitrogens with zero attached hydrogens (tertiary/aromatic N) is 3. The van der Waals surface area contributed by atoms with Crippen molar-refractivity contribution >= 4 is 40.7 Å². The van der Waals surface area contributed by atoms with E-state index in [2.05, 4.69) is 16.0 Å². The smallest absolute Gasteiger partial charge is 0.369 e. The van der Waals surface area contributed by atoms with Gasteiger partial charge < -0.3 is 25.8 Å². The number of hydrogen-bond acceptors (Lipinski definition) is 6. The molecule has 4 rings (SSSR count). The highest BCUT2D eigenvalue weighted by atomic mass is 19.4. The maximum absolute atomic E-state index is 13.2. The average molecular weight is 561 g/mol. The van der Waals surface area contributed by atoms with E-state index in [0.29, 0.717) is 43.2 Å². The van der Waals surface area contributed by atoms with Crippen LogP contribution in [-0.2, 0) is 25.4 Å². The molecule has 0 spiro atoms. The SMILES string of the molecule is CC(=O)Nc1ccc(NC(=O)C[C@@H]2C(=O)NCCN2C(=O)CN2CCN(c3cccc(C(F)(F)F)c3)CC2)cc1. The molecule has 0 saturated carbocycles. The lowest BCUT2D eigenvalue weighted by molar-refractivity contribution is -0.145. The van der Waals surface area contributed by atoms with E-state index in [-0.39, 0.29) is 37.9 Å². The van der Waals surface area contributed by atoms with Crippen molar-refractivity contribution in [2.45, 2.75) is 25.6 Å². The molecule has 2 aromatic rings. The predicted molar refractivity (Wildman–Crippen MR) is 143 cm³/mol. The highest BCUT2D eigenvalue weighted by Gasteiger charge is 2.36. The average Bonchev–Trinajstić information content (AvgIpc) is 2.90. The Hall–Kier alpha value is -4.13. The Balaban J connectivity index is 1.31. The monoisotopic (exact) mass is 560 g/mol. The van der Waals surface area contributed by atoms with Crippen LogP contribution in [0.1, 0.15) is 18.9 Å². The van der Waals surface area contributed by atoms with Crippen LogP contribution in [0, 0.1) is 0 Å². The molecule has 3 N–H and O–H groups in total. The molecule has 13 heteroatoms. The van der Waals surface area contributed by atoms with Gasteiger partial charge in [0.15, 0.2) is 0 Å². The number of benzene rings is 2. The molecule has 4 amide bonds. The lowest BCUT2D eigenvalue weighted by atomic mass is 10.1. The number of carbonyl (C=O) groups excluding carboxylic acids is 4. The summed E-state index contributed by atoms with van der Waals surface area (Å²) < 4.78 is 39.2. The topological polar surface area (TPSA) is 114 Å². The van der Waals surface area contributed by atoms with Gasteiger partial charge in [0.1, 0.15) is 6.04 Å². The van der Waals surface area contributed by atoms with Crippen LogP contribution in [0.15, 0.2) is 48.5 Å². The highest BCUT2D eigenvalue weighted by molar-refractivity contribution is 5.98. The Morgan fingerprint density at radius 1 is 0.950 bits per heavy atom. The summed E-state index contributed by atoms with van der Waals surface area (Å²) in [5.74, 6) is -1.37. The molecule has 0 bridgehead atoms. The van der Waals surface area contributed by atoms with Gasteiger partial charge in [0.05, 0.1) is 18.5 Å². The first kappa shape index (κ1) is 28.9. The Morgan fingerprint density at radius 3 is 2.23 bits per heavy atom. The minimum Gasteiger partial charge on any atom is -0.369 e. The number of amides is 4. The van der Waals surface area contributed by atoms with Gasteiger partial charge in [0.2, 0.25) is 23.6 Å². The third-order valence-electron chi connectivity index (χ3n) is 6.79. The van der Waals surface area contributed by atoms with E-state index in [0.717, 1.165) is 12.1 Å². The second-order valence-electron chi connectivity index (χ2n) is 9.72. The van der Waals surface area contributed by atoms with Gasteiger partial charge in [0.25, 0.3) is 0 Å². The Kier molecular flexibility index (Phi) is 8.93. The number of hydrogen-bond donors (Lipinski definition) is 3. The first-order valence-electron chi connectivity index (χ1n) is 12.9. The van der Waals surface area contributed by atoms with E-state index in [1.54, 1.807) is 30.3 Å². The lowest BCUT2D eigenvalue weighted by Crippen LogP contribution is -2.60. The molecule has 0 unspecified atom stereocenters. The number of alkyl halides is 3. The number of halogens is 3. The maximum atomic E-state index is 13.2. The molecular formula is C27H31F3N6O4. The second kappa shape index (κ2) is 12.4. The fraction of sp³-hybridized carbons (Fsp3) is 0.407. The fourth-order valence-corrected chi connectivity index (χ4v) is 4.77. The van der Waals surface area contributed by atoms with Gasteiger partial charge in [-0.2, -0.15) is 13.2 Å². The van der Waals surface area contributed by atoms with Crippen LogP contribution in [0.4, 0.5) is 30.2 Å². The largest absolute Gasteiger partial charge is 0.416 e. The summed E-state index contributed by atoms with van der Waals surface area (Å²) in [6.45, 7) is 3.77. The summed E-state index contributed by atoms with van der Waals surface area (Å²) in [5.41, 5.74) is 0.823. The molecule has 2 aliphatic heterocycles. The molecule has 0 aliphatic carbocycles. The Bertz CT molecular complexity index is 1250. The minimum atomic E-state index is -4.42. The van der Waals surface area contributed by atoms with Crippen LogP contribution in [0.2, 0.25) is 0 Å². The third kappa shape index (κ3) is 7.50. The van der Waals surface area contributed by atoms with Crippen molar-refractivity contribution in [3.8, 4) is 0 Å². The van der Waals surface area contributed by atoms with Gasteiger partial charge in [-0.3, -0.25) is 24.1 Å². The minimum absolute atomic E-state index is 0.0342. The van der Waals surface area contributed by atoms with Crippen LogP contribution in [0.25, 0.3) is 0 Å². The molecule has 214 valence electrons. The van der Waals surface area contributed by atoms with E-state index in [4.69, 9.17) is 0 Å². The van der Waals surface area contributed by atoms with Crippen molar-refractivity contribution in [3.05, 3.63) is 54.1 Å². The molecule has 0 aromatic heterocycles. The van der Waals surface area contributed by atoms with Gasteiger partial charge in [-0.05, 0) is 42.5 Å². The van der Waals surface area contributed by atoms with Gasteiger partial charge in [0, 0.05) is 63.3 Å². The van der Waals surface area contributed by atoms with Gasteiger partial charge >= 0.3 is 6.18 Å². The number of anilines is 3. The van der Waals surface area contributed by atoms with Gasteiger partial charge in [-0.1, -0.05) is 6.07 Å². The van der Waals surface area contributed by atoms with Crippen molar-refractivity contribution < 1.29 is 32.3 Å². The predicted octanol–water partition coefficient (Wildman–Crippen LogP) is 2.14. The van der Waals surface area contributed by atoms with E-state index < -0.39 is 29.6 Å². The zero-order valence-corrected chi connectivity index (χ0v) is 22.0. The van der Waals surface area contributed by atoms with E-state index in [9.17, 15) is 32.3 Å². The zero-order chi connectivity index (χ0) is 28.9.